The SMILES string of the molecule is CCOC(=O)C1C(=O)NC(c2ccc(Cl)cc2)C([N+](=O)[O-])C1c1ccc(Cl)cc1. The number of carbonyl (C=O) groups is 2. The number of ether oxygens (including phenoxy) is 1. The number of hydrogen-bond acceptors (Lipinski definition) is 5. The fourth-order valence-corrected chi connectivity index (χ4v) is 3.91. The summed E-state index contributed by atoms with van der Waals surface area (Å²) < 4.78 is 5.05. The Bertz CT molecular complexity index is 917. The molecule has 152 valence electrons. The smallest absolute Gasteiger partial charge is 0.319 e. The van der Waals surface area contributed by atoms with Gasteiger partial charge >= 0.3 is 5.97 Å². The quantitative estimate of drug-likeness (QED) is 0.332. The van der Waals surface area contributed by atoms with Gasteiger partial charge in [-0.2, -0.15) is 0 Å². The Kier molecular flexibility index (Phi) is 6.39. The van der Waals surface area contributed by atoms with Crippen molar-refractivity contribution in [3.8, 4) is 0 Å². The van der Waals surface area contributed by atoms with Crippen molar-refractivity contribution in [2.24, 2.45) is 5.92 Å². The molecule has 3 rings (SSSR count). The molecule has 7 nitrogen and oxygen atoms in total. The summed E-state index contributed by atoms with van der Waals surface area (Å²) in [5.41, 5.74) is 0.980. The second kappa shape index (κ2) is 8.80. The van der Waals surface area contributed by atoms with Gasteiger partial charge in [0.05, 0.1) is 12.5 Å². The van der Waals surface area contributed by atoms with Gasteiger partial charge in [0.1, 0.15) is 12.0 Å². The van der Waals surface area contributed by atoms with E-state index in [1.165, 1.54) is 0 Å². The van der Waals surface area contributed by atoms with Crippen molar-refractivity contribution >= 4 is 35.1 Å². The van der Waals surface area contributed by atoms with Crippen molar-refractivity contribution in [2.75, 3.05) is 6.61 Å². The molecule has 0 spiro atoms. The molecule has 1 saturated heterocycles. The van der Waals surface area contributed by atoms with E-state index in [9.17, 15) is 19.7 Å². The average molecular weight is 437 g/mol. The summed E-state index contributed by atoms with van der Waals surface area (Å²) >= 11 is 11.9. The Labute approximate surface area is 177 Å². The summed E-state index contributed by atoms with van der Waals surface area (Å²) in [5, 5.41) is 15.7. The van der Waals surface area contributed by atoms with Crippen LogP contribution in [0.4, 0.5) is 0 Å². The number of piperidine rings is 1. The molecule has 0 aliphatic carbocycles. The zero-order valence-electron chi connectivity index (χ0n) is 15.4. The molecule has 1 heterocycles. The lowest BCUT2D eigenvalue weighted by Gasteiger charge is -2.37. The van der Waals surface area contributed by atoms with Gasteiger partial charge in [-0.1, -0.05) is 47.5 Å². The fraction of sp³-hybridized carbons (Fsp3) is 0.300. The predicted octanol–water partition coefficient (Wildman–Crippen LogP) is 3.77. The van der Waals surface area contributed by atoms with Crippen molar-refractivity contribution in [2.45, 2.75) is 24.9 Å². The lowest BCUT2D eigenvalue weighted by Crippen LogP contribution is -2.56. The van der Waals surface area contributed by atoms with E-state index in [-0.39, 0.29) is 6.61 Å². The molecule has 2 aromatic rings. The third-order valence-corrected chi connectivity index (χ3v) is 5.42. The highest BCUT2D eigenvalue weighted by Crippen LogP contribution is 2.41. The second-order valence-corrected chi connectivity index (χ2v) is 7.49. The molecular weight excluding hydrogens is 419 g/mol. The minimum Gasteiger partial charge on any atom is -0.465 e. The Morgan fingerprint density at radius 3 is 2.07 bits per heavy atom. The summed E-state index contributed by atoms with van der Waals surface area (Å²) in [7, 11) is 0. The monoisotopic (exact) mass is 436 g/mol. The normalized spacial score (nSPS) is 23.9. The molecule has 2 aromatic carbocycles. The first kappa shape index (κ1) is 21.1. The maximum atomic E-state index is 12.9. The van der Waals surface area contributed by atoms with Gasteiger partial charge in [0.2, 0.25) is 11.9 Å². The Balaban J connectivity index is 2.13. The van der Waals surface area contributed by atoms with E-state index in [1.807, 2.05) is 0 Å². The first-order valence-corrected chi connectivity index (χ1v) is 9.70. The molecule has 29 heavy (non-hydrogen) atoms. The Morgan fingerprint density at radius 1 is 1.07 bits per heavy atom. The van der Waals surface area contributed by atoms with Crippen LogP contribution in [0.1, 0.15) is 30.0 Å². The lowest BCUT2D eigenvalue weighted by molar-refractivity contribution is -0.534. The second-order valence-electron chi connectivity index (χ2n) is 6.62. The van der Waals surface area contributed by atoms with Crippen molar-refractivity contribution in [1.82, 2.24) is 5.32 Å². The van der Waals surface area contributed by atoms with Gasteiger partial charge in [0.25, 0.3) is 0 Å². The number of nitrogens with zero attached hydrogens (tertiary/aromatic N) is 1. The minimum atomic E-state index is -1.35. The number of benzene rings is 2. The van der Waals surface area contributed by atoms with E-state index < -0.39 is 40.7 Å². The summed E-state index contributed by atoms with van der Waals surface area (Å²) in [4.78, 5) is 37.1. The van der Waals surface area contributed by atoms with Crippen molar-refractivity contribution in [3.63, 3.8) is 0 Å². The third-order valence-electron chi connectivity index (χ3n) is 4.92. The Hall–Kier alpha value is -2.64. The van der Waals surface area contributed by atoms with Crippen molar-refractivity contribution in [1.29, 1.82) is 0 Å². The number of carbonyl (C=O) groups excluding carboxylic acids is 2. The zero-order valence-corrected chi connectivity index (χ0v) is 16.9. The molecule has 1 aliphatic rings. The number of esters is 1. The molecule has 4 unspecified atom stereocenters. The van der Waals surface area contributed by atoms with Crippen LogP contribution in [-0.4, -0.2) is 29.4 Å². The maximum Gasteiger partial charge on any atom is 0.319 e. The topological polar surface area (TPSA) is 98.5 Å². The fourth-order valence-electron chi connectivity index (χ4n) is 3.66. The summed E-state index contributed by atoms with van der Waals surface area (Å²) in [6, 6.07) is 10.5. The molecule has 1 aliphatic heterocycles. The van der Waals surface area contributed by atoms with Crippen LogP contribution < -0.4 is 5.32 Å². The van der Waals surface area contributed by atoms with E-state index in [1.54, 1.807) is 55.5 Å². The summed E-state index contributed by atoms with van der Waals surface area (Å²) in [5.74, 6) is -3.81. The van der Waals surface area contributed by atoms with Gasteiger partial charge in [-0.3, -0.25) is 19.7 Å². The molecule has 1 amide bonds. The molecule has 0 saturated carbocycles. The van der Waals surface area contributed by atoms with Crippen LogP contribution in [0.25, 0.3) is 0 Å². The van der Waals surface area contributed by atoms with Crippen LogP contribution in [0.3, 0.4) is 0 Å². The van der Waals surface area contributed by atoms with Gasteiger partial charge in [0.15, 0.2) is 0 Å². The maximum absolute atomic E-state index is 12.9. The van der Waals surface area contributed by atoms with Gasteiger partial charge in [-0.25, -0.2) is 0 Å². The predicted molar refractivity (Wildman–Crippen MR) is 107 cm³/mol. The van der Waals surface area contributed by atoms with E-state index in [4.69, 9.17) is 27.9 Å². The van der Waals surface area contributed by atoms with Gasteiger partial charge in [-0.15, -0.1) is 0 Å². The molecule has 1 fully saturated rings. The first-order chi connectivity index (χ1) is 13.8. The van der Waals surface area contributed by atoms with Crippen LogP contribution in [0.5, 0.6) is 0 Å². The molecule has 0 bridgehead atoms. The lowest BCUT2D eigenvalue weighted by atomic mass is 9.73. The molecule has 0 aromatic heterocycles. The van der Waals surface area contributed by atoms with Crippen LogP contribution in [0.2, 0.25) is 10.0 Å². The van der Waals surface area contributed by atoms with Crippen molar-refractivity contribution < 1.29 is 19.2 Å². The first-order valence-electron chi connectivity index (χ1n) is 8.95. The van der Waals surface area contributed by atoms with E-state index in [0.29, 0.717) is 21.2 Å². The number of halogens is 2. The third kappa shape index (κ3) is 4.36. The summed E-state index contributed by atoms with van der Waals surface area (Å²) in [6.45, 7) is 1.66. The molecule has 0 radical (unpaired) electrons. The van der Waals surface area contributed by atoms with Crippen molar-refractivity contribution in [3.05, 3.63) is 79.8 Å². The molecule has 4 atom stereocenters. The van der Waals surface area contributed by atoms with Crippen LogP contribution in [0.15, 0.2) is 48.5 Å². The van der Waals surface area contributed by atoms with Crippen LogP contribution in [-0.2, 0) is 14.3 Å². The summed E-state index contributed by atoms with van der Waals surface area (Å²) in [6.07, 6.45) is 0. The van der Waals surface area contributed by atoms with E-state index >= 15 is 0 Å². The average Bonchev–Trinajstić information content (AvgIpc) is 2.68. The van der Waals surface area contributed by atoms with E-state index in [0.717, 1.165) is 0 Å². The van der Waals surface area contributed by atoms with Gasteiger partial charge in [-0.05, 0) is 42.3 Å². The highest BCUT2D eigenvalue weighted by Gasteiger charge is 2.55. The number of rotatable bonds is 5. The van der Waals surface area contributed by atoms with Crippen LogP contribution >= 0.6 is 23.2 Å². The highest BCUT2D eigenvalue weighted by atomic mass is 35.5. The molecular formula is C20H18Cl2N2O5. The number of nitrogens with one attached hydrogen (secondary N) is 1. The van der Waals surface area contributed by atoms with Gasteiger partial charge in [0, 0.05) is 15.0 Å². The van der Waals surface area contributed by atoms with Gasteiger partial charge < -0.3 is 10.1 Å². The highest BCUT2D eigenvalue weighted by molar-refractivity contribution is 6.30. The standard InChI is InChI=1S/C20H18Cl2N2O5/c1-2-29-20(26)16-15(11-3-7-13(21)8-4-11)18(24(27)28)17(23-19(16)25)12-5-9-14(22)10-6-12/h3-10,15-18H,2H2,1H3,(H,23,25). The number of amides is 1. The Morgan fingerprint density at radius 2 is 1.59 bits per heavy atom. The number of nitro groups is 1. The number of hydrogen-bond donors (Lipinski definition) is 1. The zero-order chi connectivity index (χ0) is 21.1. The molecule has 1 N–H and O–H groups in total. The molecule has 9 heteroatoms. The van der Waals surface area contributed by atoms with Crippen LogP contribution in [0, 0.1) is 16.0 Å². The largest absolute Gasteiger partial charge is 0.465 e. The minimum absolute atomic E-state index is 0.0553. The van der Waals surface area contributed by atoms with E-state index in [2.05, 4.69) is 5.32 Å².